The van der Waals surface area contributed by atoms with Gasteiger partial charge in [0.25, 0.3) is 0 Å². The molecule has 1 unspecified atom stereocenters. The number of halogens is 1. The van der Waals surface area contributed by atoms with Gasteiger partial charge in [0.15, 0.2) is 5.17 Å². The summed E-state index contributed by atoms with van der Waals surface area (Å²) in [6, 6.07) is -0.531. The Hall–Kier alpha value is -0.970. The number of hydrogen-bond donors (Lipinski definition) is 2. The highest BCUT2D eigenvalue weighted by atomic mass is 35.5. The van der Waals surface area contributed by atoms with Crippen LogP contribution in [0.4, 0.5) is 4.79 Å². The molecule has 2 N–H and O–H groups in total. The summed E-state index contributed by atoms with van der Waals surface area (Å²) in [5.74, 6) is 0.297. The highest BCUT2D eigenvalue weighted by Crippen LogP contribution is 2.11. The number of hydrogen-bond acceptors (Lipinski definition) is 4. The van der Waals surface area contributed by atoms with Gasteiger partial charge in [0, 0.05) is 0 Å². The lowest BCUT2D eigenvalue weighted by Gasteiger charge is -2.23. The molecule has 17 heavy (non-hydrogen) atoms. The van der Waals surface area contributed by atoms with Crippen molar-refractivity contribution in [3.8, 4) is 0 Å². The number of carbonyl (C=O) groups excluding carboxylic acids is 1. The number of nitrogens with one attached hydrogen (secondary N) is 1. The van der Waals surface area contributed by atoms with Crippen molar-refractivity contribution in [1.82, 2.24) is 5.32 Å². The number of nitrogens with zero attached hydrogens (tertiary/aromatic N) is 1. The summed E-state index contributed by atoms with van der Waals surface area (Å²) in [6.45, 7) is 9.26. The van der Waals surface area contributed by atoms with E-state index >= 15 is 0 Å². The van der Waals surface area contributed by atoms with E-state index in [4.69, 9.17) is 21.5 Å². The molecule has 0 aromatic heterocycles. The molecule has 0 aliphatic carbocycles. The molecule has 0 fully saturated rings. The van der Waals surface area contributed by atoms with Gasteiger partial charge in [-0.2, -0.15) is 0 Å². The van der Waals surface area contributed by atoms with E-state index in [1.54, 1.807) is 20.8 Å². The second-order valence-corrected chi connectivity index (χ2v) is 5.64. The Bertz CT molecular complexity index is 285. The molecule has 1 atom stereocenters. The molecule has 0 aliphatic heterocycles. The maximum absolute atomic E-state index is 11.5. The van der Waals surface area contributed by atoms with Gasteiger partial charge < -0.3 is 15.3 Å². The summed E-state index contributed by atoms with van der Waals surface area (Å²) < 4.78 is 5.10. The van der Waals surface area contributed by atoms with Crippen LogP contribution < -0.4 is 5.32 Å². The summed E-state index contributed by atoms with van der Waals surface area (Å²) in [4.78, 5) is 11.5. The molecule has 0 aromatic rings. The van der Waals surface area contributed by atoms with Crippen molar-refractivity contribution in [3.05, 3.63) is 0 Å². The molecule has 0 aromatic carbocycles. The van der Waals surface area contributed by atoms with Gasteiger partial charge in [-0.3, -0.25) is 0 Å². The van der Waals surface area contributed by atoms with Crippen molar-refractivity contribution in [3.63, 3.8) is 0 Å². The van der Waals surface area contributed by atoms with E-state index in [-0.39, 0.29) is 5.17 Å². The van der Waals surface area contributed by atoms with Crippen LogP contribution in [0.25, 0.3) is 0 Å². The Morgan fingerprint density at radius 1 is 1.47 bits per heavy atom. The third kappa shape index (κ3) is 7.85. The standard InChI is InChI=1S/C11H21ClN2O3/c1-7(2)6-8(9(12)14-16)13-10(15)17-11(3,4)5/h7-8,16H,6H2,1-5H3,(H,13,15)/b14-9-. The monoisotopic (exact) mass is 264 g/mol. The molecule has 0 bridgehead atoms. The Labute approximate surface area is 107 Å². The van der Waals surface area contributed by atoms with Crippen LogP contribution in [0, 0.1) is 5.92 Å². The minimum Gasteiger partial charge on any atom is -0.444 e. The van der Waals surface area contributed by atoms with Crippen molar-refractivity contribution in [2.45, 2.75) is 52.7 Å². The first-order valence-electron chi connectivity index (χ1n) is 5.52. The van der Waals surface area contributed by atoms with Crippen LogP contribution in [0.2, 0.25) is 0 Å². The van der Waals surface area contributed by atoms with Gasteiger partial charge >= 0.3 is 6.09 Å². The summed E-state index contributed by atoms with van der Waals surface area (Å²) in [5.41, 5.74) is -0.574. The predicted molar refractivity (Wildman–Crippen MR) is 67.7 cm³/mol. The zero-order valence-corrected chi connectivity index (χ0v) is 11.7. The van der Waals surface area contributed by atoms with Crippen molar-refractivity contribution in [2.24, 2.45) is 11.1 Å². The molecule has 1 amide bonds. The maximum atomic E-state index is 11.5. The van der Waals surface area contributed by atoms with Gasteiger partial charge in [0.05, 0.1) is 6.04 Å². The molecule has 100 valence electrons. The van der Waals surface area contributed by atoms with Crippen LogP contribution in [-0.2, 0) is 4.74 Å². The summed E-state index contributed by atoms with van der Waals surface area (Å²) in [5, 5.41) is 14.1. The Morgan fingerprint density at radius 3 is 2.35 bits per heavy atom. The minimum atomic E-state index is -0.579. The second kappa shape index (κ2) is 6.69. The van der Waals surface area contributed by atoms with E-state index in [1.165, 1.54) is 0 Å². The first kappa shape index (κ1) is 16.0. The Morgan fingerprint density at radius 2 is 2.00 bits per heavy atom. The summed E-state index contributed by atoms with van der Waals surface area (Å²) in [7, 11) is 0. The van der Waals surface area contributed by atoms with Crippen molar-refractivity contribution in [1.29, 1.82) is 0 Å². The van der Waals surface area contributed by atoms with Gasteiger partial charge in [-0.1, -0.05) is 30.6 Å². The number of rotatable bonds is 4. The van der Waals surface area contributed by atoms with Crippen molar-refractivity contribution < 1.29 is 14.7 Å². The summed E-state index contributed by atoms with van der Waals surface area (Å²) in [6.07, 6.45) is -0.00719. The molecule has 0 heterocycles. The zero-order valence-electron chi connectivity index (χ0n) is 11.0. The van der Waals surface area contributed by atoms with Crippen LogP contribution in [0.15, 0.2) is 5.16 Å². The number of carbonyl (C=O) groups is 1. The van der Waals surface area contributed by atoms with E-state index in [2.05, 4.69) is 10.5 Å². The molecule has 0 rings (SSSR count). The zero-order chi connectivity index (χ0) is 13.6. The largest absolute Gasteiger partial charge is 0.444 e. The smallest absolute Gasteiger partial charge is 0.408 e. The number of ether oxygens (including phenoxy) is 1. The van der Waals surface area contributed by atoms with Crippen LogP contribution in [0.3, 0.4) is 0 Å². The third-order valence-electron chi connectivity index (χ3n) is 1.78. The fourth-order valence-electron chi connectivity index (χ4n) is 1.21. The normalized spacial score (nSPS) is 14.6. The average Bonchev–Trinajstić information content (AvgIpc) is 2.11. The first-order chi connectivity index (χ1) is 7.65. The van der Waals surface area contributed by atoms with Gasteiger partial charge in [0.1, 0.15) is 5.60 Å². The molecule has 0 radical (unpaired) electrons. The SMILES string of the molecule is CC(C)CC(NC(=O)OC(C)(C)C)/C(Cl)=N/O. The van der Waals surface area contributed by atoms with Crippen LogP contribution >= 0.6 is 11.6 Å². The van der Waals surface area contributed by atoms with E-state index in [0.29, 0.717) is 12.3 Å². The van der Waals surface area contributed by atoms with Crippen molar-refractivity contribution in [2.75, 3.05) is 0 Å². The second-order valence-electron chi connectivity index (χ2n) is 5.25. The van der Waals surface area contributed by atoms with E-state index in [1.807, 2.05) is 13.8 Å². The molecule has 0 spiro atoms. The number of oxime groups is 1. The minimum absolute atomic E-state index is 0.0513. The highest BCUT2D eigenvalue weighted by Gasteiger charge is 2.23. The lowest BCUT2D eigenvalue weighted by atomic mass is 10.0. The van der Waals surface area contributed by atoms with Crippen LogP contribution in [-0.4, -0.2) is 28.1 Å². The van der Waals surface area contributed by atoms with Crippen molar-refractivity contribution >= 4 is 22.9 Å². The predicted octanol–water partition coefficient (Wildman–Crippen LogP) is 2.95. The van der Waals surface area contributed by atoms with E-state index in [0.717, 1.165) is 0 Å². The van der Waals surface area contributed by atoms with Gasteiger partial charge in [-0.05, 0) is 33.1 Å². The Balaban J connectivity index is 4.49. The molecular weight excluding hydrogens is 244 g/mol. The van der Waals surface area contributed by atoms with Crippen LogP contribution in [0.1, 0.15) is 41.0 Å². The summed E-state index contributed by atoms with van der Waals surface area (Å²) >= 11 is 5.72. The molecule has 6 heteroatoms. The van der Waals surface area contributed by atoms with Gasteiger partial charge in [0.2, 0.25) is 0 Å². The van der Waals surface area contributed by atoms with Crippen LogP contribution in [0.5, 0.6) is 0 Å². The first-order valence-corrected chi connectivity index (χ1v) is 5.90. The molecular formula is C11H21ClN2O3. The number of alkyl carbamates (subject to hydrolysis) is 1. The fraction of sp³-hybridized carbons (Fsp3) is 0.818. The lowest BCUT2D eigenvalue weighted by Crippen LogP contribution is -2.42. The number of amides is 1. The molecule has 0 saturated carbocycles. The van der Waals surface area contributed by atoms with Gasteiger partial charge in [-0.15, -0.1) is 0 Å². The topological polar surface area (TPSA) is 70.9 Å². The molecule has 5 nitrogen and oxygen atoms in total. The Kier molecular flexibility index (Phi) is 6.31. The lowest BCUT2D eigenvalue weighted by molar-refractivity contribution is 0.0514. The molecule has 0 saturated heterocycles. The molecule has 0 aliphatic rings. The van der Waals surface area contributed by atoms with Gasteiger partial charge in [-0.25, -0.2) is 4.79 Å². The van der Waals surface area contributed by atoms with E-state index < -0.39 is 17.7 Å². The average molecular weight is 265 g/mol. The fourth-order valence-corrected chi connectivity index (χ4v) is 1.35. The van der Waals surface area contributed by atoms with E-state index in [9.17, 15) is 4.79 Å². The quantitative estimate of drug-likeness (QED) is 0.466. The maximum Gasteiger partial charge on any atom is 0.408 e. The highest BCUT2D eigenvalue weighted by molar-refractivity contribution is 6.66. The third-order valence-corrected chi connectivity index (χ3v) is 2.12.